The molecule has 0 bridgehead atoms. The zero-order valence-electron chi connectivity index (χ0n) is 21.2. The van der Waals surface area contributed by atoms with Crippen molar-refractivity contribution >= 4 is 28.6 Å². The van der Waals surface area contributed by atoms with Crippen molar-refractivity contribution < 1.29 is 14.4 Å². The number of piperazine rings is 1. The first-order valence-corrected chi connectivity index (χ1v) is 12.7. The molecular weight excluding hydrogens is 454 g/mol. The lowest BCUT2D eigenvalue weighted by Crippen LogP contribution is -2.68. The van der Waals surface area contributed by atoms with Crippen molar-refractivity contribution in [3.63, 3.8) is 0 Å². The van der Waals surface area contributed by atoms with Gasteiger partial charge in [-0.15, -0.1) is 0 Å². The second-order valence-corrected chi connectivity index (χ2v) is 10.1. The van der Waals surface area contributed by atoms with Crippen LogP contribution in [0.1, 0.15) is 43.0 Å². The predicted molar refractivity (Wildman–Crippen MR) is 137 cm³/mol. The second kappa shape index (κ2) is 9.41. The minimum absolute atomic E-state index is 0.0506. The van der Waals surface area contributed by atoms with Gasteiger partial charge in [0.1, 0.15) is 18.1 Å². The number of amides is 3. The van der Waals surface area contributed by atoms with Crippen molar-refractivity contribution in [2.24, 2.45) is 18.9 Å². The van der Waals surface area contributed by atoms with Gasteiger partial charge in [0, 0.05) is 19.5 Å². The molecule has 0 radical (unpaired) electrons. The highest BCUT2D eigenvalue weighted by molar-refractivity contribution is 6.00. The maximum atomic E-state index is 14.3. The van der Waals surface area contributed by atoms with Crippen LogP contribution in [0.15, 0.2) is 48.7 Å². The van der Waals surface area contributed by atoms with Crippen LogP contribution < -0.4 is 10.6 Å². The molecule has 8 heteroatoms. The lowest BCUT2D eigenvalue weighted by molar-refractivity contribution is -0.159. The van der Waals surface area contributed by atoms with Gasteiger partial charge in [0.05, 0.1) is 11.7 Å². The van der Waals surface area contributed by atoms with Crippen molar-refractivity contribution in [1.82, 2.24) is 25.3 Å². The maximum absolute atomic E-state index is 14.3. The summed E-state index contributed by atoms with van der Waals surface area (Å²) in [4.78, 5) is 42.8. The first-order chi connectivity index (χ1) is 17.3. The number of likely N-dealkylation sites (N-methyl/N-ethyl adjacent to an activating group) is 1. The third kappa shape index (κ3) is 3.94. The minimum Gasteiger partial charge on any atom is -0.357 e. The van der Waals surface area contributed by atoms with Crippen LogP contribution in [0, 0.1) is 11.8 Å². The summed E-state index contributed by atoms with van der Waals surface area (Å²) < 4.78 is 1.77. The number of carbonyl (C=O) groups excluding carboxylic acids is 3. The zero-order valence-corrected chi connectivity index (χ0v) is 21.2. The van der Waals surface area contributed by atoms with E-state index >= 15 is 0 Å². The molecule has 0 spiro atoms. The van der Waals surface area contributed by atoms with E-state index in [1.54, 1.807) is 22.8 Å². The molecule has 1 aliphatic carbocycles. The molecule has 5 rings (SSSR count). The average molecular weight is 488 g/mol. The van der Waals surface area contributed by atoms with E-state index in [-0.39, 0.29) is 29.6 Å². The quantitative estimate of drug-likeness (QED) is 0.559. The van der Waals surface area contributed by atoms with Gasteiger partial charge in [0.25, 0.3) is 0 Å². The third-order valence-corrected chi connectivity index (χ3v) is 7.98. The van der Waals surface area contributed by atoms with Crippen LogP contribution in [-0.2, 0) is 34.3 Å². The molecule has 4 atom stereocenters. The van der Waals surface area contributed by atoms with Crippen molar-refractivity contribution in [2.45, 2.75) is 51.2 Å². The number of aryl methyl sites for hydroxylation is 1. The van der Waals surface area contributed by atoms with Crippen molar-refractivity contribution in [2.75, 3.05) is 7.05 Å². The number of hydrogen-bond acceptors (Lipinski definition) is 4. The highest BCUT2D eigenvalue weighted by Gasteiger charge is 2.50. The molecule has 8 nitrogen and oxygen atoms in total. The van der Waals surface area contributed by atoms with Crippen molar-refractivity contribution in [1.29, 1.82) is 0 Å². The van der Waals surface area contributed by atoms with Crippen molar-refractivity contribution in [3.05, 3.63) is 65.4 Å². The lowest BCUT2D eigenvalue weighted by Gasteiger charge is -2.46. The Bertz CT molecular complexity index is 1310. The molecule has 1 aromatic heterocycles. The summed E-state index contributed by atoms with van der Waals surface area (Å²) in [6, 6.07) is 11.5. The molecule has 1 fully saturated rings. The summed E-state index contributed by atoms with van der Waals surface area (Å²) >= 11 is 0. The monoisotopic (exact) mass is 487 g/mol. The summed E-state index contributed by atoms with van der Waals surface area (Å²) in [6.07, 6.45) is 3.89. The molecular formula is C28H33N5O3. The molecule has 1 saturated heterocycles. The fraction of sp³-hybridized carbons (Fsp3) is 0.429. The van der Waals surface area contributed by atoms with Gasteiger partial charge in [-0.1, -0.05) is 50.6 Å². The van der Waals surface area contributed by atoms with Gasteiger partial charge in [0.15, 0.2) is 0 Å². The smallest absolute Gasteiger partial charge is 0.247 e. The first kappa shape index (κ1) is 24.0. The van der Waals surface area contributed by atoms with E-state index in [2.05, 4.69) is 27.9 Å². The molecule has 2 N–H and O–H groups in total. The van der Waals surface area contributed by atoms with Crippen LogP contribution in [0.4, 0.5) is 0 Å². The third-order valence-electron chi connectivity index (χ3n) is 7.98. The van der Waals surface area contributed by atoms with Gasteiger partial charge < -0.3 is 15.5 Å². The number of nitrogens with zero attached hydrogens (tertiary/aromatic N) is 3. The molecule has 3 amide bonds. The fourth-order valence-corrected chi connectivity index (χ4v) is 5.84. The van der Waals surface area contributed by atoms with Gasteiger partial charge in [-0.25, -0.2) is 0 Å². The molecule has 188 valence electrons. The van der Waals surface area contributed by atoms with E-state index in [1.807, 2.05) is 51.2 Å². The normalized spacial score (nSPS) is 21.8. The van der Waals surface area contributed by atoms with E-state index < -0.39 is 18.1 Å². The predicted octanol–water partition coefficient (Wildman–Crippen LogP) is 2.52. The van der Waals surface area contributed by atoms with Gasteiger partial charge in [-0.05, 0) is 53.5 Å². The number of hydrogen-bond donors (Lipinski definition) is 2. The Labute approximate surface area is 211 Å². The van der Waals surface area contributed by atoms with Crippen LogP contribution >= 0.6 is 0 Å². The number of aromatic nitrogens is 2. The van der Waals surface area contributed by atoms with Crippen LogP contribution in [0.2, 0.25) is 0 Å². The van der Waals surface area contributed by atoms with Gasteiger partial charge in [0.2, 0.25) is 17.7 Å². The molecule has 2 aromatic carbocycles. The molecule has 36 heavy (non-hydrogen) atoms. The molecule has 1 aliphatic heterocycles. The van der Waals surface area contributed by atoms with Gasteiger partial charge in [-0.3, -0.25) is 19.1 Å². The zero-order chi connectivity index (χ0) is 25.6. The van der Waals surface area contributed by atoms with E-state index in [0.717, 1.165) is 23.7 Å². The average Bonchev–Trinajstić information content (AvgIpc) is 3.48. The topological polar surface area (TPSA) is 96.3 Å². The molecule has 0 saturated carbocycles. The Hall–Kier alpha value is -3.68. The summed E-state index contributed by atoms with van der Waals surface area (Å²) in [5, 5.41) is 11.0. The summed E-state index contributed by atoms with van der Waals surface area (Å²) in [6.45, 7) is 3.96. The second-order valence-electron chi connectivity index (χ2n) is 10.1. The Morgan fingerprint density at radius 2 is 1.86 bits per heavy atom. The van der Waals surface area contributed by atoms with Crippen LogP contribution in [0.25, 0.3) is 10.9 Å². The molecule has 0 unspecified atom stereocenters. The van der Waals surface area contributed by atoms with E-state index in [9.17, 15) is 14.4 Å². The highest BCUT2D eigenvalue weighted by Crippen LogP contribution is 2.36. The Balaban J connectivity index is 1.58. The summed E-state index contributed by atoms with van der Waals surface area (Å²) in [5.41, 5.74) is 4.02. The summed E-state index contributed by atoms with van der Waals surface area (Å²) in [7, 11) is 3.43. The summed E-state index contributed by atoms with van der Waals surface area (Å²) in [5.74, 6) is -0.878. The largest absolute Gasteiger partial charge is 0.357 e. The van der Waals surface area contributed by atoms with Gasteiger partial charge >= 0.3 is 0 Å². The SMILES string of the molecule is CC[C@H](C)[C@@H]1C(=O)N[C@H](C2Cc3ccccc3C2)C(=O)N1[C@@H](C(=O)NC)c1ccc2c(cnn2C)c1. The standard InChI is InChI=1S/C28H33N5O3/c1-5-16(2)24-27(35)31-23(20-12-17-8-6-7-9-18(17)13-20)28(36)33(24)25(26(34)29-3)19-10-11-22-21(14-19)15-30-32(22)4/h6-11,14-16,20,23-25H,5,12-13H2,1-4H3,(H,29,34)(H,31,35)/t16-,23+,24+,25+/m0/s1. The number of rotatable bonds is 6. The Kier molecular flexibility index (Phi) is 6.28. The van der Waals surface area contributed by atoms with Gasteiger partial charge in [-0.2, -0.15) is 5.10 Å². The molecule has 2 aliphatic rings. The maximum Gasteiger partial charge on any atom is 0.247 e. The number of nitrogens with one attached hydrogen (secondary N) is 2. The Morgan fingerprint density at radius 1 is 1.17 bits per heavy atom. The van der Waals surface area contributed by atoms with E-state index in [0.29, 0.717) is 12.0 Å². The van der Waals surface area contributed by atoms with Crippen LogP contribution in [0.5, 0.6) is 0 Å². The van der Waals surface area contributed by atoms with E-state index in [1.165, 1.54) is 11.1 Å². The number of carbonyl (C=O) groups is 3. The highest BCUT2D eigenvalue weighted by atomic mass is 16.2. The van der Waals surface area contributed by atoms with Crippen LogP contribution in [-0.4, -0.2) is 51.5 Å². The molecule has 2 heterocycles. The Morgan fingerprint density at radius 3 is 2.50 bits per heavy atom. The molecule has 3 aromatic rings. The minimum atomic E-state index is -0.927. The van der Waals surface area contributed by atoms with E-state index in [4.69, 9.17) is 0 Å². The lowest BCUT2D eigenvalue weighted by atomic mass is 9.86. The van der Waals surface area contributed by atoms with Crippen LogP contribution in [0.3, 0.4) is 0 Å². The number of fused-ring (bicyclic) bond motifs is 2. The van der Waals surface area contributed by atoms with Crippen molar-refractivity contribution in [3.8, 4) is 0 Å². The number of benzene rings is 2. The fourth-order valence-electron chi connectivity index (χ4n) is 5.84. The first-order valence-electron chi connectivity index (χ1n) is 12.7.